The van der Waals surface area contributed by atoms with Crippen molar-refractivity contribution in [3.8, 4) is 0 Å². The smallest absolute Gasteiger partial charge is 0.0551 e. The van der Waals surface area contributed by atoms with E-state index in [4.69, 9.17) is 0 Å². The van der Waals surface area contributed by atoms with Gasteiger partial charge in [0.1, 0.15) is 0 Å². The van der Waals surface area contributed by atoms with Crippen LogP contribution in [0.1, 0.15) is 25.1 Å². The van der Waals surface area contributed by atoms with Crippen LogP contribution in [0.15, 0.2) is 23.5 Å². The highest BCUT2D eigenvalue weighted by Crippen LogP contribution is 2.27. The topological polar surface area (TPSA) is 28.1 Å². The van der Waals surface area contributed by atoms with Crippen molar-refractivity contribution >= 4 is 17.5 Å². The number of allylic oxidation sites excluding steroid dienone is 1. The number of aliphatic imine (C=N–C) groups is 1. The second-order valence-corrected chi connectivity index (χ2v) is 3.45. The van der Waals surface area contributed by atoms with Crippen molar-refractivity contribution < 1.29 is 0 Å². The Labute approximate surface area is 77.7 Å². The third-order valence-corrected chi connectivity index (χ3v) is 2.20. The number of fused-ring (bicyclic) bond motifs is 1. The lowest BCUT2D eigenvalue weighted by atomic mass is 9.97. The van der Waals surface area contributed by atoms with Gasteiger partial charge in [-0.1, -0.05) is 13.8 Å². The van der Waals surface area contributed by atoms with Crippen molar-refractivity contribution in [2.75, 3.05) is 0 Å². The van der Waals surface area contributed by atoms with Crippen molar-refractivity contribution in [2.45, 2.75) is 13.8 Å². The minimum Gasteiger partial charge on any atom is -0.361 e. The minimum absolute atomic E-state index is 0.492. The van der Waals surface area contributed by atoms with E-state index < -0.39 is 0 Å². The number of hydrogen-bond donors (Lipinski definition) is 1. The molecular weight excluding hydrogens is 160 g/mol. The van der Waals surface area contributed by atoms with Gasteiger partial charge in [0.25, 0.3) is 0 Å². The normalized spacial score (nSPS) is 14.2. The van der Waals surface area contributed by atoms with Gasteiger partial charge in [0.15, 0.2) is 0 Å². The predicted molar refractivity (Wildman–Crippen MR) is 55.5 cm³/mol. The van der Waals surface area contributed by atoms with Gasteiger partial charge in [0.05, 0.1) is 5.69 Å². The molecule has 1 aromatic heterocycles. The Hall–Kier alpha value is -1.53. The van der Waals surface area contributed by atoms with E-state index in [1.165, 1.54) is 11.1 Å². The first-order valence-electron chi connectivity index (χ1n) is 4.45. The SMILES string of the molecule is CC(C)C1=CN=C=Cc2[nH]ccc21. The molecule has 1 aliphatic rings. The minimum atomic E-state index is 0.492. The Morgan fingerprint density at radius 1 is 1.46 bits per heavy atom. The molecule has 66 valence electrons. The quantitative estimate of drug-likeness (QED) is 0.674. The molecular formula is C11H12N2. The fourth-order valence-electron chi connectivity index (χ4n) is 1.49. The molecule has 0 amide bonds. The molecule has 0 spiro atoms. The summed E-state index contributed by atoms with van der Waals surface area (Å²) >= 11 is 0. The zero-order chi connectivity index (χ0) is 9.26. The third kappa shape index (κ3) is 1.36. The summed E-state index contributed by atoms with van der Waals surface area (Å²) < 4.78 is 0. The van der Waals surface area contributed by atoms with E-state index in [1.54, 1.807) is 0 Å². The number of nitrogens with zero attached hydrogens (tertiary/aromatic N) is 1. The number of aromatic nitrogens is 1. The fourth-order valence-corrected chi connectivity index (χ4v) is 1.49. The van der Waals surface area contributed by atoms with Crippen LogP contribution in [0, 0.1) is 5.92 Å². The zero-order valence-corrected chi connectivity index (χ0v) is 7.83. The molecule has 0 radical (unpaired) electrons. The molecule has 1 aromatic rings. The van der Waals surface area contributed by atoms with Gasteiger partial charge in [-0.2, -0.15) is 0 Å². The van der Waals surface area contributed by atoms with Gasteiger partial charge in [-0.3, -0.25) is 0 Å². The summed E-state index contributed by atoms with van der Waals surface area (Å²) in [5.41, 5.74) is 3.60. The van der Waals surface area contributed by atoms with Gasteiger partial charge in [0, 0.05) is 24.0 Å². The van der Waals surface area contributed by atoms with Gasteiger partial charge in [-0.25, -0.2) is 4.99 Å². The Morgan fingerprint density at radius 3 is 3.08 bits per heavy atom. The van der Waals surface area contributed by atoms with Crippen LogP contribution < -0.4 is 0 Å². The van der Waals surface area contributed by atoms with Gasteiger partial charge in [0.2, 0.25) is 0 Å². The van der Waals surface area contributed by atoms with Crippen LogP contribution in [0.4, 0.5) is 0 Å². The largest absolute Gasteiger partial charge is 0.361 e. The zero-order valence-electron chi connectivity index (χ0n) is 7.83. The summed E-state index contributed by atoms with van der Waals surface area (Å²) in [5.74, 6) is 3.36. The average Bonchev–Trinajstić information content (AvgIpc) is 2.44. The van der Waals surface area contributed by atoms with Gasteiger partial charge in [-0.05, 0) is 23.4 Å². The molecule has 2 heteroatoms. The number of aromatic amines is 1. The molecule has 2 heterocycles. The van der Waals surface area contributed by atoms with E-state index in [-0.39, 0.29) is 0 Å². The molecule has 1 aliphatic heterocycles. The first-order chi connectivity index (χ1) is 6.29. The average molecular weight is 172 g/mol. The van der Waals surface area contributed by atoms with Gasteiger partial charge in [-0.15, -0.1) is 0 Å². The lowest BCUT2D eigenvalue weighted by Gasteiger charge is -2.08. The lowest BCUT2D eigenvalue weighted by molar-refractivity contribution is 0.853. The highest BCUT2D eigenvalue weighted by atomic mass is 14.7. The first kappa shape index (κ1) is 8.09. The molecule has 0 bridgehead atoms. The molecule has 0 saturated carbocycles. The maximum Gasteiger partial charge on any atom is 0.0551 e. The molecule has 2 rings (SSSR count). The van der Waals surface area contributed by atoms with Crippen LogP contribution in [0.2, 0.25) is 0 Å². The summed E-state index contributed by atoms with van der Waals surface area (Å²) in [6.45, 7) is 4.34. The van der Waals surface area contributed by atoms with Crippen LogP contribution in [0.25, 0.3) is 11.6 Å². The maximum atomic E-state index is 4.07. The molecule has 1 N–H and O–H groups in total. The Bertz CT molecular complexity index is 401. The van der Waals surface area contributed by atoms with E-state index >= 15 is 0 Å². The van der Waals surface area contributed by atoms with E-state index in [0.29, 0.717) is 5.92 Å². The Kier molecular flexibility index (Phi) is 1.91. The van der Waals surface area contributed by atoms with Gasteiger partial charge >= 0.3 is 0 Å². The summed E-state index contributed by atoms with van der Waals surface area (Å²) in [7, 11) is 0. The highest BCUT2D eigenvalue weighted by Gasteiger charge is 2.11. The van der Waals surface area contributed by atoms with Crippen LogP contribution >= 0.6 is 0 Å². The van der Waals surface area contributed by atoms with Crippen molar-refractivity contribution in [1.29, 1.82) is 0 Å². The molecule has 0 aromatic carbocycles. The number of nitrogens with one attached hydrogen (secondary N) is 1. The van der Waals surface area contributed by atoms with Crippen molar-refractivity contribution in [2.24, 2.45) is 10.9 Å². The van der Waals surface area contributed by atoms with Crippen molar-refractivity contribution in [1.82, 2.24) is 4.98 Å². The molecule has 0 fully saturated rings. The Morgan fingerprint density at radius 2 is 2.31 bits per heavy atom. The van der Waals surface area contributed by atoms with Gasteiger partial charge < -0.3 is 4.98 Å². The summed E-state index contributed by atoms with van der Waals surface area (Å²) in [5, 5.41) is 0. The summed E-state index contributed by atoms with van der Waals surface area (Å²) in [6.07, 6.45) is 5.71. The molecule has 0 aliphatic carbocycles. The third-order valence-electron chi connectivity index (χ3n) is 2.20. The first-order valence-corrected chi connectivity index (χ1v) is 4.45. The molecule has 13 heavy (non-hydrogen) atoms. The summed E-state index contributed by atoms with van der Waals surface area (Å²) in [4.78, 5) is 7.24. The second kappa shape index (κ2) is 3.08. The fraction of sp³-hybridized carbons (Fsp3) is 0.273. The van der Waals surface area contributed by atoms with Crippen molar-refractivity contribution in [3.05, 3.63) is 29.7 Å². The van der Waals surface area contributed by atoms with E-state index in [2.05, 4.69) is 35.8 Å². The van der Waals surface area contributed by atoms with E-state index in [9.17, 15) is 0 Å². The van der Waals surface area contributed by atoms with Crippen LogP contribution in [-0.2, 0) is 0 Å². The Balaban J connectivity index is 2.58. The monoisotopic (exact) mass is 172 g/mol. The van der Waals surface area contributed by atoms with Crippen LogP contribution in [-0.4, -0.2) is 10.9 Å². The lowest BCUT2D eigenvalue weighted by Crippen LogP contribution is -1.93. The second-order valence-electron chi connectivity index (χ2n) is 3.45. The molecule has 2 nitrogen and oxygen atoms in total. The molecule has 0 atom stereocenters. The number of H-pyrrole nitrogens is 1. The van der Waals surface area contributed by atoms with E-state index in [1.807, 2.05) is 18.5 Å². The predicted octanol–water partition coefficient (Wildman–Crippen LogP) is 2.71. The molecule has 0 saturated heterocycles. The van der Waals surface area contributed by atoms with E-state index in [0.717, 1.165) is 5.69 Å². The summed E-state index contributed by atoms with van der Waals surface area (Å²) in [6, 6.07) is 2.08. The standard InChI is InChI=1S/C11H12N2/c1-8(2)10-7-12-5-4-11-9(10)3-6-13-11/h3-4,6-8,13H,1-2H3. The van der Waals surface area contributed by atoms with Crippen molar-refractivity contribution in [3.63, 3.8) is 0 Å². The molecule has 0 unspecified atom stereocenters. The number of hydrogen-bond acceptors (Lipinski definition) is 1. The van der Waals surface area contributed by atoms with Crippen LogP contribution in [0.5, 0.6) is 0 Å². The number of rotatable bonds is 1. The highest BCUT2D eigenvalue weighted by molar-refractivity contribution is 5.86. The van der Waals surface area contributed by atoms with Crippen LogP contribution in [0.3, 0.4) is 0 Å². The maximum absolute atomic E-state index is 4.07.